The van der Waals surface area contributed by atoms with Gasteiger partial charge >= 0.3 is 5.97 Å². The number of hydrogen-bond donors (Lipinski definition) is 1. The summed E-state index contributed by atoms with van der Waals surface area (Å²) in [6, 6.07) is 0. The number of ether oxygens (including phenoxy) is 1. The van der Waals surface area contributed by atoms with Crippen molar-refractivity contribution in [3.8, 4) is 0 Å². The Morgan fingerprint density at radius 1 is 1.41 bits per heavy atom. The lowest BCUT2D eigenvalue weighted by Gasteiger charge is -2.02. The molecular formula is C10H15N3O3S. The fourth-order valence-corrected chi connectivity index (χ4v) is 1.69. The van der Waals surface area contributed by atoms with Crippen LogP contribution in [0.2, 0.25) is 0 Å². The highest BCUT2D eigenvalue weighted by Gasteiger charge is 2.13. The number of anilines is 1. The highest BCUT2D eigenvalue weighted by molar-refractivity contribution is 7.15. The molecule has 0 unspecified atom stereocenters. The van der Waals surface area contributed by atoms with E-state index in [1.165, 1.54) is 11.3 Å². The van der Waals surface area contributed by atoms with E-state index in [9.17, 15) is 9.59 Å². The molecule has 1 aromatic heterocycles. The van der Waals surface area contributed by atoms with Crippen LogP contribution in [0.25, 0.3) is 0 Å². The predicted octanol–water partition coefficient (Wildman–Crippen LogP) is 1.24. The lowest BCUT2D eigenvalue weighted by Crippen LogP contribution is -2.17. The van der Waals surface area contributed by atoms with Crippen molar-refractivity contribution in [1.82, 2.24) is 10.2 Å². The average molecular weight is 257 g/mol. The van der Waals surface area contributed by atoms with Gasteiger partial charge in [0.2, 0.25) is 11.0 Å². The van der Waals surface area contributed by atoms with Crippen LogP contribution in [-0.2, 0) is 20.7 Å². The Hall–Kier alpha value is -1.50. The third kappa shape index (κ3) is 4.48. The molecular weight excluding hydrogens is 242 g/mol. The van der Waals surface area contributed by atoms with E-state index in [1.807, 2.05) is 0 Å². The van der Waals surface area contributed by atoms with E-state index in [0.717, 1.165) is 0 Å². The van der Waals surface area contributed by atoms with Crippen molar-refractivity contribution >= 4 is 28.3 Å². The summed E-state index contributed by atoms with van der Waals surface area (Å²) >= 11 is 1.18. The van der Waals surface area contributed by atoms with E-state index < -0.39 is 0 Å². The molecule has 0 atom stereocenters. The van der Waals surface area contributed by atoms with E-state index in [1.54, 1.807) is 20.8 Å². The minimum absolute atomic E-state index is 0.0864. The second-order valence-corrected chi connectivity index (χ2v) is 4.69. The number of nitrogens with one attached hydrogen (secondary N) is 1. The summed E-state index contributed by atoms with van der Waals surface area (Å²) in [6.07, 6.45) is 0.0864. The zero-order chi connectivity index (χ0) is 12.8. The molecule has 1 aromatic rings. The molecule has 0 aliphatic rings. The molecule has 0 saturated heterocycles. The average Bonchev–Trinajstić information content (AvgIpc) is 2.65. The topological polar surface area (TPSA) is 81.2 Å². The van der Waals surface area contributed by atoms with Crippen molar-refractivity contribution in [3.63, 3.8) is 0 Å². The maximum absolute atomic E-state index is 11.4. The molecule has 7 heteroatoms. The molecule has 1 heterocycles. The van der Waals surface area contributed by atoms with Crippen molar-refractivity contribution in [1.29, 1.82) is 0 Å². The number of hydrogen-bond acceptors (Lipinski definition) is 6. The van der Waals surface area contributed by atoms with Gasteiger partial charge in [-0.2, -0.15) is 0 Å². The normalized spacial score (nSPS) is 10.4. The minimum atomic E-state index is -0.342. The summed E-state index contributed by atoms with van der Waals surface area (Å²) in [5.74, 6) is -0.582. The van der Waals surface area contributed by atoms with Crippen LogP contribution < -0.4 is 5.32 Å². The number of carbonyl (C=O) groups is 2. The number of esters is 1. The molecule has 94 valence electrons. The van der Waals surface area contributed by atoms with Crippen LogP contribution in [0.1, 0.15) is 25.8 Å². The molecule has 0 radical (unpaired) electrons. The van der Waals surface area contributed by atoms with Crippen LogP contribution in [0.15, 0.2) is 0 Å². The van der Waals surface area contributed by atoms with Gasteiger partial charge in [0.1, 0.15) is 5.01 Å². The molecule has 0 aliphatic carbocycles. The van der Waals surface area contributed by atoms with Gasteiger partial charge in [0.05, 0.1) is 13.0 Å². The zero-order valence-electron chi connectivity index (χ0n) is 10.0. The van der Waals surface area contributed by atoms with Gasteiger partial charge in [0.15, 0.2) is 0 Å². The maximum atomic E-state index is 11.4. The van der Waals surface area contributed by atoms with Crippen molar-refractivity contribution in [2.24, 2.45) is 5.92 Å². The molecule has 0 aliphatic heterocycles. The van der Waals surface area contributed by atoms with Gasteiger partial charge in [-0.05, 0) is 6.92 Å². The Kier molecular flexibility index (Phi) is 5.02. The van der Waals surface area contributed by atoms with Gasteiger partial charge in [0, 0.05) is 5.92 Å². The quantitative estimate of drug-likeness (QED) is 0.802. The van der Waals surface area contributed by atoms with Gasteiger partial charge in [-0.25, -0.2) is 0 Å². The molecule has 0 fully saturated rings. The first kappa shape index (κ1) is 13.6. The Morgan fingerprint density at radius 3 is 2.71 bits per heavy atom. The van der Waals surface area contributed by atoms with Gasteiger partial charge in [-0.3, -0.25) is 9.59 Å². The van der Waals surface area contributed by atoms with E-state index in [4.69, 9.17) is 4.74 Å². The molecule has 0 saturated carbocycles. The van der Waals surface area contributed by atoms with Gasteiger partial charge in [-0.15, -0.1) is 10.2 Å². The second-order valence-electron chi connectivity index (χ2n) is 3.63. The molecule has 6 nitrogen and oxygen atoms in total. The smallest absolute Gasteiger partial charge is 0.312 e. The summed E-state index contributed by atoms with van der Waals surface area (Å²) in [6.45, 7) is 5.66. The fraction of sp³-hybridized carbons (Fsp3) is 0.600. The Bertz CT molecular complexity index is 403. The molecule has 0 spiro atoms. The number of rotatable bonds is 5. The monoisotopic (exact) mass is 257 g/mol. The van der Waals surface area contributed by atoms with Crippen molar-refractivity contribution in [2.75, 3.05) is 11.9 Å². The summed E-state index contributed by atoms with van der Waals surface area (Å²) < 4.78 is 4.79. The van der Waals surface area contributed by atoms with Crippen LogP contribution in [0, 0.1) is 5.92 Å². The summed E-state index contributed by atoms with van der Waals surface area (Å²) in [7, 11) is 0. The molecule has 0 bridgehead atoms. The SMILES string of the molecule is CCOC(=O)Cc1nnc(NC(=O)C(C)C)s1. The van der Waals surface area contributed by atoms with Crippen molar-refractivity contribution in [2.45, 2.75) is 27.2 Å². The Balaban J connectivity index is 2.53. The predicted molar refractivity (Wildman–Crippen MR) is 63.7 cm³/mol. The lowest BCUT2D eigenvalue weighted by atomic mass is 10.2. The number of carbonyl (C=O) groups excluding carboxylic acids is 2. The van der Waals surface area contributed by atoms with E-state index in [-0.39, 0.29) is 24.2 Å². The fourth-order valence-electron chi connectivity index (χ4n) is 0.961. The summed E-state index contributed by atoms with van der Waals surface area (Å²) in [5.41, 5.74) is 0. The van der Waals surface area contributed by atoms with Gasteiger partial charge in [-0.1, -0.05) is 25.2 Å². The first-order valence-electron chi connectivity index (χ1n) is 5.31. The molecule has 17 heavy (non-hydrogen) atoms. The third-order valence-electron chi connectivity index (χ3n) is 1.82. The minimum Gasteiger partial charge on any atom is -0.466 e. The van der Waals surface area contributed by atoms with Gasteiger partial charge in [0.25, 0.3) is 0 Å². The maximum Gasteiger partial charge on any atom is 0.312 e. The van der Waals surface area contributed by atoms with Crippen LogP contribution in [-0.4, -0.2) is 28.7 Å². The number of amides is 1. The first-order valence-corrected chi connectivity index (χ1v) is 6.13. The van der Waals surface area contributed by atoms with Crippen molar-refractivity contribution in [3.05, 3.63) is 5.01 Å². The standard InChI is InChI=1S/C10H15N3O3S/c1-4-16-8(14)5-7-12-13-10(17-7)11-9(15)6(2)3/h6H,4-5H2,1-3H3,(H,11,13,15). The molecule has 1 rings (SSSR count). The van der Waals surface area contributed by atoms with Crippen LogP contribution in [0.5, 0.6) is 0 Å². The molecule has 1 N–H and O–H groups in total. The molecule has 0 aromatic carbocycles. The Morgan fingerprint density at radius 2 is 2.12 bits per heavy atom. The first-order chi connectivity index (χ1) is 8.02. The lowest BCUT2D eigenvalue weighted by molar-refractivity contribution is -0.142. The molecule has 1 amide bonds. The van der Waals surface area contributed by atoms with E-state index in [2.05, 4.69) is 15.5 Å². The second kappa shape index (κ2) is 6.29. The summed E-state index contributed by atoms with van der Waals surface area (Å²) in [5, 5.41) is 11.1. The Labute approximate surface area is 103 Å². The highest BCUT2D eigenvalue weighted by atomic mass is 32.1. The van der Waals surface area contributed by atoms with E-state index >= 15 is 0 Å². The summed E-state index contributed by atoms with van der Waals surface area (Å²) in [4.78, 5) is 22.6. The third-order valence-corrected chi connectivity index (χ3v) is 2.66. The largest absolute Gasteiger partial charge is 0.466 e. The van der Waals surface area contributed by atoms with Crippen molar-refractivity contribution < 1.29 is 14.3 Å². The number of nitrogens with zero attached hydrogens (tertiary/aromatic N) is 2. The highest BCUT2D eigenvalue weighted by Crippen LogP contribution is 2.16. The van der Waals surface area contributed by atoms with Crippen LogP contribution in [0.3, 0.4) is 0 Å². The number of aromatic nitrogens is 2. The zero-order valence-corrected chi connectivity index (χ0v) is 10.8. The van der Waals surface area contributed by atoms with E-state index in [0.29, 0.717) is 16.7 Å². The van der Waals surface area contributed by atoms with Gasteiger partial charge < -0.3 is 10.1 Å². The van der Waals surface area contributed by atoms with Crippen LogP contribution in [0.4, 0.5) is 5.13 Å². The van der Waals surface area contributed by atoms with Crippen LogP contribution >= 0.6 is 11.3 Å².